The molecule has 0 bridgehead atoms. The molecule has 0 saturated carbocycles. The average Bonchev–Trinajstić information content (AvgIpc) is 2.32. The number of hydrogen-bond acceptors (Lipinski definition) is 2. The van der Waals surface area contributed by atoms with Crippen molar-refractivity contribution in [3.63, 3.8) is 0 Å². The first-order valence-electron chi connectivity index (χ1n) is 6.86. The summed E-state index contributed by atoms with van der Waals surface area (Å²) in [4.78, 5) is 5.40. The van der Waals surface area contributed by atoms with Crippen molar-refractivity contribution in [2.24, 2.45) is 0 Å². The van der Waals surface area contributed by atoms with Gasteiger partial charge in [0.25, 0.3) is 0 Å². The molecule has 0 atom stereocenters. The van der Waals surface area contributed by atoms with Crippen molar-refractivity contribution in [3.8, 4) is 0 Å². The molecular weight excluding hydrogens is 184 g/mol. The van der Waals surface area contributed by atoms with Crippen LogP contribution in [0.3, 0.4) is 0 Å². The summed E-state index contributed by atoms with van der Waals surface area (Å²) in [7, 11) is 0. The molecule has 0 aromatic rings. The maximum absolute atomic E-state index is 2.76. The maximum atomic E-state index is 2.76. The lowest BCUT2D eigenvalue weighted by Gasteiger charge is -2.40. The summed E-state index contributed by atoms with van der Waals surface area (Å²) in [5, 5.41) is 0. The lowest BCUT2D eigenvalue weighted by Crippen LogP contribution is -2.46. The van der Waals surface area contributed by atoms with E-state index in [1.54, 1.807) is 0 Å². The highest BCUT2D eigenvalue weighted by Gasteiger charge is 2.24. The third-order valence-electron chi connectivity index (χ3n) is 4.00. The van der Waals surface area contributed by atoms with Crippen LogP contribution in [0.25, 0.3) is 0 Å². The van der Waals surface area contributed by atoms with Crippen molar-refractivity contribution >= 4 is 0 Å². The molecule has 0 N–H and O–H groups in total. The molecule has 0 unspecified atom stereocenters. The molecule has 2 aliphatic heterocycles. The Kier molecular flexibility index (Phi) is 4.45. The van der Waals surface area contributed by atoms with Crippen LogP contribution in [0.15, 0.2) is 0 Å². The summed E-state index contributed by atoms with van der Waals surface area (Å²) < 4.78 is 0. The van der Waals surface area contributed by atoms with Crippen molar-refractivity contribution in [2.75, 3.05) is 32.7 Å². The highest BCUT2D eigenvalue weighted by atomic mass is 15.2. The highest BCUT2D eigenvalue weighted by molar-refractivity contribution is 4.81. The Bertz CT molecular complexity index is 167. The van der Waals surface area contributed by atoms with Gasteiger partial charge >= 0.3 is 0 Å². The second-order valence-electron chi connectivity index (χ2n) is 5.17. The number of likely N-dealkylation sites (tertiary alicyclic amines) is 2. The molecule has 2 fully saturated rings. The van der Waals surface area contributed by atoms with Crippen LogP contribution in [0.4, 0.5) is 0 Å². The van der Waals surface area contributed by atoms with Gasteiger partial charge in [-0.3, -0.25) is 0 Å². The van der Waals surface area contributed by atoms with E-state index in [1.807, 2.05) is 0 Å². The van der Waals surface area contributed by atoms with Gasteiger partial charge in [0.2, 0.25) is 0 Å². The summed E-state index contributed by atoms with van der Waals surface area (Å²) in [6.45, 7) is 9.03. The Balaban J connectivity index is 1.72. The number of rotatable bonds is 3. The van der Waals surface area contributed by atoms with Crippen molar-refractivity contribution in [3.05, 3.63) is 0 Å². The summed E-state index contributed by atoms with van der Waals surface area (Å²) in [6, 6.07) is 0.915. The predicted octanol–water partition coefficient (Wildman–Crippen LogP) is 2.35. The van der Waals surface area contributed by atoms with Crippen LogP contribution in [-0.2, 0) is 0 Å². The quantitative estimate of drug-likeness (QED) is 0.705. The lowest BCUT2D eigenvalue weighted by atomic mass is 10.00. The van der Waals surface area contributed by atoms with Crippen molar-refractivity contribution in [1.29, 1.82) is 0 Å². The van der Waals surface area contributed by atoms with Gasteiger partial charge < -0.3 is 9.80 Å². The summed E-state index contributed by atoms with van der Waals surface area (Å²) in [5.74, 6) is 0. The Morgan fingerprint density at radius 1 is 0.933 bits per heavy atom. The van der Waals surface area contributed by atoms with Crippen molar-refractivity contribution < 1.29 is 0 Å². The van der Waals surface area contributed by atoms with Crippen LogP contribution in [0.1, 0.15) is 45.4 Å². The zero-order chi connectivity index (χ0) is 10.5. The number of nitrogens with zero attached hydrogens (tertiary/aromatic N) is 2. The first-order chi connectivity index (χ1) is 7.40. The van der Waals surface area contributed by atoms with E-state index in [4.69, 9.17) is 0 Å². The molecule has 2 saturated heterocycles. The SMILES string of the molecule is CCCN1CCC(N2CCCCC2)CC1. The van der Waals surface area contributed by atoms with Crippen LogP contribution in [0.2, 0.25) is 0 Å². The molecule has 88 valence electrons. The number of piperidine rings is 2. The van der Waals surface area contributed by atoms with Crippen LogP contribution in [0, 0.1) is 0 Å². The Labute approximate surface area is 94.6 Å². The largest absolute Gasteiger partial charge is 0.303 e. The smallest absolute Gasteiger partial charge is 0.0120 e. The van der Waals surface area contributed by atoms with Crippen LogP contribution >= 0.6 is 0 Å². The summed E-state index contributed by atoms with van der Waals surface area (Å²) in [6.07, 6.45) is 8.49. The highest BCUT2D eigenvalue weighted by Crippen LogP contribution is 2.20. The third kappa shape index (κ3) is 3.18. The topological polar surface area (TPSA) is 6.48 Å². The van der Waals surface area contributed by atoms with E-state index < -0.39 is 0 Å². The van der Waals surface area contributed by atoms with Gasteiger partial charge in [-0.25, -0.2) is 0 Å². The zero-order valence-electron chi connectivity index (χ0n) is 10.2. The van der Waals surface area contributed by atoms with E-state index in [9.17, 15) is 0 Å². The molecule has 0 radical (unpaired) electrons. The van der Waals surface area contributed by atoms with Gasteiger partial charge in [0.15, 0.2) is 0 Å². The van der Waals surface area contributed by atoms with E-state index >= 15 is 0 Å². The van der Waals surface area contributed by atoms with E-state index in [0.717, 1.165) is 6.04 Å². The van der Waals surface area contributed by atoms with Gasteiger partial charge in [0.05, 0.1) is 0 Å². The fraction of sp³-hybridized carbons (Fsp3) is 1.00. The normalized spacial score (nSPS) is 27.0. The Morgan fingerprint density at radius 2 is 1.60 bits per heavy atom. The Hall–Kier alpha value is -0.0800. The third-order valence-corrected chi connectivity index (χ3v) is 4.00. The van der Waals surface area contributed by atoms with Gasteiger partial charge in [-0.05, 0) is 64.8 Å². The maximum Gasteiger partial charge on any atom is 0.0120 e. The summed E-state index contributed by atoms with van der Waals surface area (Å²) in [5.41, 5.74) is 0. The second kappa shape index (κ2) is 5.86. The van der Waals surface area contributed by atoms with Crippen molar-refractivity contribution in [1.82, 2.24) is 9.80 Å². The van der Waals surface area contributed by atoms with E-state index in [2.05, 4.69) is 16.7 Å². The van der Waals surface area contributed by atoms with Gasteiger partial charge in [-0.15, -0.1) is 0 Å². The molecule has 0 aromatic carbocycles. The van der Waals surface area contributed by atoms with Gasteiger partial charge in [0.1, 0.15) is 0 Å². The fourth-order valence-corrected chi connectivity index (χ4v) is 3.11. The van der Waals surface area contributed by atoms with Gasteiger partial charge in [0, 0.05) is 6.04 Å². The molecule has 0 amide bonds. The predicted molar refractivity (Wildman–Crippen MR) is 65.2 cm³/mol. The first-order valence-corrected chi connectivity index (χ1v) is 6.86. The standard InChI is InChI=1S/C13H26N2/c1-2-8-14-11-6-13(7-12-14)15-9-4-3-5-10-15/h13H,2-12H2,1H3. The molecule has 2 heteroatoms. The van der Waals surface area contributed by atoms with Crippen LogP contribution < -0.4 is 0 Å². The molecule has 0 aliphatic carbocycles. The fourth-order valence-electron chi connectivity index (χ4n) is 3.11. The molecule has 2 aliphatic rings. The molecule has 0 spiro atoms. The van der Waals surface area contributed by atoms with Crippen LogP contribution in [0.5, 0.6) is 0 Å². The minimum atomic E-state index is 0.915. The van der Waals surface area contributed by atoms with Gasteiger partial charge in [-0.2, -0.15) is 0 Å². The average molecular weight is 210 g/mol. The van der Waals surface area contributed by atoms with E-state index in [-0.39, 0.29) is 0 Å². The van der Waals surface area contributed by atoms with Crippen LogP contribution in [-0.4, -0.2) is 48.6 Å². The first kappa shape index (κ1) is 11.4. The minimum Gasteiger partial charge on any atom is -0.303 e. The van der Waals surface area contributed by atoms with Gasteiger partial charge in [-0.1, -0.05) is 13.3 Å². The second-order valence-corrected chi connectivity index (χ2v) is 5.17. The number of hydrogen-bond donors (Lipinski definition) is 0. The molecule has 2 heterocycles. The van der Waals surface area contributed by atoms with Crippen molar-refractivity contribution in [2.45, 2.75) is 51.5 Å². The van der Waals surface area contributed by atoms with E-state index in [0.29, 0.717) is 0 Å². The minimum absolute atomic E-state index is 0.915. The molecule has 0 aromatic heterocycles. The molecule has 2 rings (SSSR count). The molecule has 2 nitrogen and oxygen atoms in total. The Morgan fingerprint density at radius 3 is 2.20 bits per heavy atom. The molecular formula is C13H26N2. The van der Waals surface area contributed by atoms with E-state index in [1.165, 1.54) is 71.2 Å². The molecule has 15 heavy (non-hydrogen) atoms. The summed E-state index contributed by atoms with van der Waals surface area (Å²) >= 11 is 0. The lowest BCUT2D eigenvalue weighted by molar-refractivity contribution is 0.0927. The monoisotopic (exact) mass is 210 g/mol. The zero-order valence-corrected chi connectivity index (χ0v) is 10.2.